The van der Waals surface area contributed by atoms with E-state index >= 15 is 0 Å². The highest BCUT2D eigenvalue weighted by atomic mass is 16.5. The first-order chi connectivity index (χ1) is 8.63. The van der Waals surface area contributed by atoms with Crippen LogP contribution in [0.15, 0.2) is 41.9 Å². The van der Waals surface area contributed by atoms with Gasteiger partial charge in [0.05, 0.1) is 13.2 Å². The van der Waals surface area contributed by atoms with Gasteiger partial charge in [-0.1, -0.05) is 12.2 Å². The molecule has 1 aromatic rings. The van der Waals surface area contributed by atoms with E-state index in [9.17, 15) is 4.79 Å². The average molecular weight is 249 g/mol. The first-order valence-electron chi connectivity index (χ1n) is 5.78. The summed E-state index contributed by atoms with van der Waals surface area (Å²) in [6.07, 6.45) is 3.65. The smallest absolute Gasteiger partial charge is 0.373 e. The van der Waals surface area contributed by atoms with Crippen LogP contribution in [-0.2, 0) is 4.74 Å². The molecular formula is C14H19NO3. The van der Waals surface area contributed by atoms with Crippen LogP contribution in [0, 0.1) is 0 Å². The lowest BCUT2D eigenvalue weighted by atomic mass is 10.2. The van der Waals surface area contributed by atoms with Crippen molar-refractivity contribution in [2.75, 3.05) is 20.2 Å². The molecule has 4 nitrogen and oxygen atoms in total. The van der Waals surface area contributed by atoms with Crippen molar-refractivity contribution in [3.63, 3.8) is 0 Å². The largest absolute Gasteiger partial charge is 0.463 e. The molecule has 1 unspecified atom stereocenters. The van der Waals surface area contributed by atoms with E-state index in [1.807, 2.05) is 19.1 Å². The number of esters is 1. The van der Waals surface area contributed by atoms with Crippen molar-refractivity contribution in [2.45, 2.75) is 13.0 Å². The SMILES string of the molecule is C=CCN(CC=C)C(C)c1ccc(C(=O)OC)o1. The van der Waals surface area contributed by atoms with Crippen LogP contribution in [0.2, 0.25) is 0 Å². The molecule has 0 spiro atoms. The Labute approximate surface area is 108 Å². The van der Waals surface area contributed by atoms with Gasteiger partial charge in [0, 0.05) is 13.1 Å². The molecule has 0 saturated heterocycles. The Hall–Kier alpha value is -1.81. The third-order valence-corrected chi connectivity index (χ3v) is 2.70. The molecule has 1 heterocycles. The fourth-order valence-electron chi connectivity index (χ4n) is 1.69. The third kappa shape index (κ3) is 3.34. The molecule has 0 aromatic carbocycles. The highest BCUT2D eigenvalue weighted by Gasteiger charge is 2.19. The number of hydrogen-bond acceptors (Lipinski definition) is 4. The minimum atomic E-state index is -0.465. The average Bonchev–Trinajstić information content (AvgIpc) is 2.86. The number of methoxy groups -OCH3 is 1. The summed E-state index contributed by atoms with van der Waals surface area (Å²) in [5.41, 5.74) is 0. The molecule has 1 atom stereocenters. The lowest BCUT2D eigenvalue weighted by molar-refractivity contribution is 0.0559. The van der Waals surface area contributed by atoms with E-state index in [2.05, 4.69) is 22.8 Å². The molecule has 18 heavy (non-hydrogen) atoms. The van der Waals surface area contributed by atoms with Crippen LogP contribution >= 0.6 is 0 Å². The fraction of sp³-hybridized carbons (Fsp3) is 0.357. The molecule has 98 valence electrons. The Morgan fingerprint density at radius 3 is 2.56 bits per heavy atom. The highest BCUT2D eigenvalue weighted by Crippen LogP contribution is 2.22. The predicted molar refractivity (Wildman–Crippen MR) is 70.4 cm³/mol. The van der Waals surface area contributed by atoms with E-state index in [-0.39, 0.29) is 11.8 Å². The van der Waals surface area contributed by atoms with Gasteiger partial charge >= 0.3 is 5.97 Å². The van der Waals surface area contributed by atoms with Crippen molar-refractivity contribution in [1.82, 2.24) is 4.90 Å². The first-order valence-corrected chi connectivity index (χ1v) is 5.78. The van der Waals surface area contributed by atoms with Gasteiger partial charge in [0.1, 0.15) is 5.76 Å². The van der Waals surface area contributed by atoms with E-state index in [0.717, 1.165) is 18.8 Å². The predicted octanol–water partition coefficient (Wildman–Crippen LogP) is 2.80. The minimum absolute atomic E-state index is 0.0411. The molecular weight excluding hydrogens is 230 g/mol. The summed E-state index contributed by atoms with van der Waals surface area (Å²) < 4.78 is 10.1. The van der Waals surface area contributed by atoms with Crippen molar-refractivity contribution >= 4 is 5.97 Å². The quantitative estimate of drug-likeness (QED) is 0.550. The molecule has 0 N–H and O–H groups in total. The summed E-state index contributed by atoms with van der Waals surface area (Å²) in [7, 11) is 1.33. The lowest BCUT2D eigenvalue weighted by Crippen LogP contribution is -2.27. The van der Waals surface area contributed by atoms with Crippen LogP contribution < -0.4 is 0 Å². The maximum Gasteiger partial charge on any atom is 0.373 e. The topological polar surface area (TPSA) is 42.7 Å². The van der Waals surface area contributed by atoms with Crippen molar-refractivity contribution < 1.29 is 13.9 Å². The van der Waals surface area contributed by atoms with Crippen LogP contribution in [0.5, 0.6) is 0 Å². The Morgan fingerprint density at radius 1 is 1.44 bits per heavy atom. The van der Waals surface area contributed by atoms with Gasteiger partial charge in [-0.2, -0.15) is 0 Å². The second kappa shape index (κ2) is 6.81. The maximum atomic E-state index is 11.3. The molecule has 0 aliphatic rings. The van der Waals surface area contributed by atoms with E-state index in [0.29, 0.717) is 0 Å². The summed E-state index contributed by atoms with van der Waals surface area (Å²) >= 11 is 0. The molecule has 1 rings (SSSR count). The standard InChI is InChI=1S/C14H19NO3/c1-5-9-15(10-6-2)11(3)12-7-8-13(18-12)14(16)17-4/h5-8,11H,1-2,9-10H2,3-4H3. The van der Waals surface area contributed by atoms with Crippen LogP contribution in [0.25, 0.3) is 0 Å². The van der Waals surface area contributed by atoms with Gasteiger partial charge in [-0.15, -0.1) is 13.2 Å². The van der Waals surface area contributed by atoms with Crippen molar-refractivity contribution in [3.8, 4) is 0 Å². The highest BCUT2D eigenvalue weighted by molar-refractivity contribution is 5.86. The summed E-state index contributed by atoms with van der Waals surface area (Å²) in [6.45, 7) is 10.9. The molecule has 0 fully saturated rings. The van der Waals surface area contributed by atoms with Gasteiger partial charge < -0.3 is 9.15 Å². The molecule has 0 radical (unpaired) electrons. The lowest BCUT2D eigenvalue weighted by Gasteiger charge is -2.24. The zero-order valence-electron chi connectivity index (χ0n) is 10.9. The zero-order chi connectivity index (χ0) is 13.5. The van der Waals surface area contributed by atoms with Crippen LogP contribution in [0.4, 0.5) is 0 Å². The number of furan rings is 1. The third-order valence-electron chi connectivity index (χ3n) is 2.70. The van der Waals surface area contributed by atoms with E-state index in [4.69, 9.17) is 4.42 Å². The summed E-state index contributed by atoms with van der Waals surface area (Å²) in [5.74, 6) is 0.475. The van der Waals surface area contributed by atoms with Gasteiger partial charge in [0.2, 0.25) is 5.76 Å². The number of carbonyl (C=O) groups excluding carboxylic acids is 1. The number of nitrogens with zero attached hydrogens (tertiary/aromatic N) is 1. The fourth-order valence-corrected chi connectivity index (χ4v) is 1.69. The van der Waals surface area contributed by atoms with Crippen LogP contribution in [0.1, 0.15) is 29.3 Å². The maximum absolute atomic E-state index is 11.3. The molecule has 0 saturated carbocycles. The second-order valence-electron chi connectivity index (χ2n) is 3.90. The van der Waals surface area contributed by atoms with Crippen molar-refractivity contribution in [1.29, 1.82) is 0 Å². The van der Waals surface area contributed by atoms with Gasteiger partial charge in [0.15, 0.2) is 0 Å². The normalized spacial score (nSPS) is 12.2. The Kier molecular flexibility index (Phi) is 5.39. The van der Waals surface area contributed by atoms with Gasteiger partial charge in [0.25, 0.3) is 0 Å². The van der Waals surface area contributed by atoms with Crippen LogP contribution in [-0.4, -0.2) is 31.1 Å². The first kappa shape index (κ1) is 14.3. The Balaban J connectivity index is 2.83. The summed E-state index contributed by atoms with van der Waals surface area (Å²) in [5, 5.41) is 0. The van der Waals surface area contributed by atoms with Crippen LogP contribution in [0.3, 0.4) is 0 Å². The zero-order valence-corrected chi connectivity index (χ0v) is 10.9. The van der Waals surface area contributed by atoms with Gasteiger partial charge in [-0.05, 0) is 19.1 Å². The number of carbonyl (C=O) groups is 1. The van der Waals surface area contributed by atoms with Gasteiger partial charge in [-0.25, -0.2) is 4.79 Å². The van der Waals surface area contributed by atoms with E-state index in [1.165, 1.54) is 7.11 Å². The summed E-state index contributed by atoms with van der Waals surface area (Å²) in [6, 6.07) is 3.45. The monoisotopic (exact) mass is 249 g/mol. The molecule has 4 heteroatoms. The van der Waals surface area contributed by atoms with E-state index in [1.54, 1.807) is 12.1 Å². The molecule has 0 aliphatic carbocycles. The summed E-state index contributed by atoms with van der Waals surface area (Å²) in [4.78, 5) is 13.4. The number of ether oxygens (including phenoxy) is 1. The second-order valence-corrected chi connectivity index (χ2v) is 3.90. The molecule has 0 bridgehead atoms. The Bertz CT molecular complexity index is 412. The van der Waals surface area contributed by atoms with Crippen molar-refractivity contribution in [3.05, 3.63) is 49.0 Å². The van der Waals surface area contributed by atoms with Gasteiger partial charge in [-0.3, -0.25) is 4.90 Å². The Morgan fingerprint density at radius 2 is 2.06 bits per heavy atom. The minimum Gasteiger partial charge on any atom is -0.463 e. The molecule has 0 amide bonds. The van der Waals surface area contributed by atoms with Crippen molar-refractivity contribution in [2.24, 2.45) is 0 Å². The van der Waals surface area contributed by atoms with E-state index < -0.39 is 5.97 Å². The number of hydrogen-bond donors (Lipinski definition) is 0. The molecule has 1 aromatic heterocycles. The number of rotatable bonds is 7. The molecule has 0 aliphatic heterocycles.